The standard InChI is InChI=1S/C18H28ClNO/c1-14(2)12-20-13-16(11-18-4-3-9-21-18)10-15-5-7-17(19)8-6-15/h5-8,14,16,18,20H,3-4,9-13H2,1-2H3. The number of benzene rings is 1. The van der Waals surface area contributed by atoms with E-state index in [1.807, 2.05) is 12.1 Å². The quantitative estimate of drug-likeness (QED) is 0.772. The molecule has 118 valence electrons. The van der Waals surface area contributed by atoms with E-state index in [-0.39, 0.29) is 0 Å². The molecular weight excluding hydrogens is 282 g/mol. The van der Waals surface area contributed by atoms with Crippen LogP contribution in [0.25, 0.3) is 0 Å². The van der Waals surface area contributed by atoms with Gasteiger partial charge < -0.3 is 10.1 Å². The number of ether oxygens (including phenoxy) is 1. The summed E-state index contributed by atoms with van der Waals surface area (Å²) in [6.07, 6.45) is 5.16. The van der Waals surface area contributed by atoms with Crippen LogP contribution in [-0.4, -0.2) is 25.8 Å². The van der Waals surface area contributed by atoms with Crippen molar-refractivity contribution in [2.75, 3.05) is 19.7 Å². The Hall–Kier alpha value is -0.570. The van der Waals surface area contributed by atoms with Crippen molar-refractivity contribution in [2.45, 2.75) is 45.6 Å². The van der Waals surface area contributed by atoms with Crippen molar-refractivity contribution in [2.24, 2.45) is 11.8 Å². The second-order valence-corrected chi connectivity index (χ2v) is 7.06. The van der Waals surface area contributed by atoms with E-state index in [4.69, 9.17) is 16.3 Å². The third kappa shape index (κ3) is 6.37. The molecule has 0 amide bonds. The van der Waals surface area contributed by atoms with Crippen molar-refractivity contribution in [3.8, 4) is 0 Å². The van der Waals surface area contributed by atoms with Crippen molar-refractivity contribution < 1.29 is 4.74 Å². The summed E-state index contributed by atoms with van der Waals surface area (Å²) in [5, 5.41) is 4.42. The topological polar surface area (TPSA) is 21.3 Å². The maximum absolute atomic E-state index is 5.97. The van der Waals surface area contributed by atoms with Crippen molar-refractivity contribution >= 4 is 11.6 Å². The highest BCUT2D eigenvalue weighted by Gasteiger charge is 2.21. The van der Waals surface area contributed by atoms with E-state index in [0.29, 0.717) is 17.9 Å². The first-order valence-electron chi connectivity index (χ1n) is 8.20. The Labute approximate surface area is 134 Å². The molecule has 1 saturated heterocycles. The highest BCUT2D eigenvalue weighted by Crippen LogP contribution is 2.23. The maximum atomic E-state index is 5.97. The van der Waals surface area contributed by atoms with Gasteiger partial charge in [-0.2, -0.15) is 0 Å². The van der Waals surface area contributed by atoms with Gasteiger partial charge in [-0.25, -0.2) is 0 Å². The zero-order chi connectivity index (χ0) is 15.1. The number of nitrogens with one attached hydrogen (secondary N) is 1. The van der Waals surface area contributed by atoms with Crippen LogP contribution in [0.5, 0.6) is 0 Å². The van der Waals surface area contributed by atoms with Gasteiger partial charge in [0.25, 0.3) is 0 Å². The monoisotopic (exact) mass is 309 g/mol. The molecule has 1 aromatic carbocycles. The first-order valence-corrected chi connectivity index (χ1v) is 8.58. The van der Waals surface area contributed by atoms with Gasteiger partial charge >= 0.3 is 0 Å². The lowest BCUT2D eigenvalue weighted by Crippen LogP contribution is -2.29. The van der Waals surface area contributed by atoms with Crippen LogP contribution in [0, 0.1) is 11.8 Å². The Morgan fingerprint density at radius 2 is 2.00 bits per heavy atom. The molecule has 2 nitrogen and oxygen atoms in total. The Bertz CT molecular complexity index is 398. The summed E-state index contributed by atoms with van der Waals surface area (Å²) in [6.45, 7) is 7.60. The molecule has 3 heteroatoms. The highest BCUT2D eigenvalue weighted by atomic mass is 35.5. The molecule has 1 aliphatic rings. The van der Waals surface area contributed by atoms with Gasteiger partial charge in [0.05, 0.1) is 6.10 Å². The average Bonchev–Trinajstić information content (AvgIpc) is 2.94. The summed E-state index contributed by atoms with van der Waals surface area (Å²) < 4.78 is 5.82. The lowest BCUT2D eigenvalue weighted by atomic mass is 9.92. The SMILES string of the molecule is CC(C)CNCC(Cc1ccc(Cl)cc1)CC1CCCO1. The second-order valence-electron chi connectivity index (χ2n) is 6.62. The number of hydrogen-bond donors (Lipinski definition) is 1. The highest BCUT2D eigenvalue weighted by molar-refractivity contribution is 6.30. The molecule has 21 heavy (non-hydrogen) atoms. The molecule has 2 rings (SSSR count). The predicted molar refractivity (Wildman–Crippen MR) is 89.9 cm³/mol. The van der Waals surface area contributed by atoms with E-state index in [1.54, 1.807) is 0 Å². The lowest BCUT2D eigenvalue weighted by Gasteiger charge is -2.21. The molecule has 1 aliphatic heterocycles. The molecule has 1 N–H and O–H groups in total. The van der Waals surface area contributed by atoms with Crippen LogP contribution in [0.4, 0.5) is 0 Å². The molecule has 1 fully saturated rings. The van der Waals surface area contributed by atoms with E-state index >= 15 is 0 Å². The van der Waals surface area contributed by atoms with Gasteiger partial charge in [0.15, 0.2) is 0 Å². The zero-order valence-corrected chi connectivity index (χ0v) is 14.0. The Kier molecular flexibility index (Phi) is 7.01. The van der Waals surface area contributed by atoms with E-state index in [0.717, 1.165) is 37.6 Å². The van der Waals surface area contributed by atoms with Gasteiger partial charge in [-0.3, -0.25) is 0 Å². The Morgan fingerprint density at radius 1 is 1.24 bits per heavy atom. The van der Waals surface area contributed by atoms with Crippen LogP contribution < -0.4 is 5.32 Å². The molecule has 0 saturated carbocycles. The van der Waals surface area contributed by atoms with E-state index < -0.39 is 0 Å². The van der Waals surface area contributed by atoms with Gasteiger partial charge in [0.2, 0.25) is 0 Å². The summed E-state index contributed by atoms with van der Waals surface area (Å²) in [5.74, 6) is 1.33. The lowest BCUT2D eigenvalue weighted by molar-refractivity contribution is 0.0891. The minimum Gasteiger partial charge on any atom is -0.378 e. The molecule has 0 aromatic heterocycles. The van der Waals surface area contributed by atoms with Crippen LogP contribution in [0.1, 0.15) is 38.7 Å². The second kappa shape index (κ2) is 8.77. The van der Waals surface area contributed by atoms with Crippen molar-refractivity contribution in [1.29, 1.82) is 0 Å². The largest absolute Gasteiger partial charge is 0.378 e. The van der Waals surface area contributed by atoms with Crippen molar-refractivity contribution in [3.63, 3.8) is 0 Å². The van der Waals surface area contributed by atoms with Gasteiger partial charge in [-0.15, -0.1) is 0 Å². The molecule has 1 heterocycles. The van der Waals surface area contributed by atoms with Gasteiger partial charge in [0, 0.05) is 11.6 Å². The van der Waals surface area contributed by atoms with Gasteiger partial charge in [0.1, 0.15) is 0 Å². The number of rotatable bonds is 8. The van der Waals surface area contributed by atoms with Gasteiger partial charge in [-0.1, -0.05) is 37.6 Å². The first kappa shape index (κ1) is 16.8. The van der Waals surface area contributed by atoms with Crippen molar-refractivity contribution in [1.82, 2.24) is 5.32 Å². The average molecular weight is 310 g/mol. The summed E-state index contributed by atoms with van der Waals surface area (Å²) in [6, 6.07) is 8.27. The minimum atomic E-state index is 0.461. The fraction of sp³-hybridized carbons (Fsp3) is 0.667. The van der Waals surface area contributed by atoms with Crippen molar-refractivity contribution in [3.05, 3.63) is 34.9 Å². The normalized spacial score (nSPS) is 20.1. The number of halogens is 1. The smallest absolute Gasteiger partial charge is 0.0579 e. The molecule has 0 bridgehead atoms. The molecule has 0 spiro atoms. The van der Waals surface area contributed by atoms with Crippen LogP contribution in [-0.2, 0) is 11.2 Å². The van der Waals surface area contributed by atoms with Crippen LogP contribution in [0.3, 0.4) is 0 Å². The van der Waals surface area contributed by atoms with E-state index in [2.05, 4.69) is 31.3 Å². The third-order valence-electron chi connectivity index (χ3n) is 4.04. The zero-order valence-electron chi connectivity index (χ0n) is 13.3. The first-order chi connectivity index (χ1) is 10.1. The molecule has 2 atom stereocenters. The molecule has 0 aliphatic carbocycles. The predicted octanol–water partition coefficient (Wildman–Crippen LogP) is 4.31. The summed E-state index contributed by atoms with van der Waals surface area (Å²) in [5.41, 5.74) is 1.37. The van der Waals surface area contributed by atoms with E-state index in [9.17, 15) is 0 Å². The summed E-state index contributed by atoms with van der Waals surface area (Å²) in [4.78, 5) is 0. The Balaban J connectivity index is 1.88. The summed E-state index contributed by atoms with van der Waals surface area (Å²) in [7, 11) is 0. The minimum absolute atomic E-state index is 0.461. The third-order valence-corrected chi connectivity index (χ3v) is 4.30. The fourth-order valence-corrected chi connectivity index (χ4v) is 3.10. The molecule has 1 aromatic rings. The Morgan fingerprint density at radius 3 is 2.62 bits per heavy atom. The maximum Gasteiger partial charge on any atom is 0.0579 e. The van der Waals surface area contributed by atoms with Crippen LogP contribution in [0.2, 0.25) is 5.02 Å². The molecule has 2 unspecified atom stereocenters. The fourth-order valence-electron chi connectivity index (χ4n) is 2.97. The number of hydrogen-bond acceptors (Lipinski definition) is 2. The van der Waals surface area contributed by atoms with E-state index in [1.165, 1.54) is 18.4 Å². The van der Waals surface area contributed by atoms with Gasteiger partial charge in [-0.05, 0) is 68.3 Å². The van der Waals surface area contributed by atoms with Crippen LogP contribution >= 0.6 is 11.6 Å². The summed E-state index contributed by atoms with van der Waals surface area (Å²) >= 11 is 5.97. The molecular formula is C18H28ClNO. The van der Waals surface area contributed by atoms with Crippen LogP contribution in [0.15, 0.2) is 24.3 Å². The molecule has 0 radical (unpaired) electrons.